The predicted molar refractivity (Wildman–Crippen MR) is 134 cm³/mol. The highest BCUT2D eigenvalue weighted by atomic mass is 16.7. The first-order chi connectivity index (χ1) is 15.4. The number of hydrogen-bond donors (Lipinski definition) is 0. The van der Waals surface area contributed by atoms with E-state index in [1.54, 1.807) is 0 Å². The number of benzene rings is 4. The van der Waals surface area contributed by atoms with E-state index in [0.717, 1.165) is 11.0 Å². The standard InChI is InChI=1S/C28H26BNO2/c1-27(2)28(3,4)32-29(31-27)22-15-10-18-25-26(22)21-14-7-8-16-24(21)30(25)23-17-9-12-19-11-5-6-13-20(19)23/h5-18H,1-4H3. The summed E-state index contributed by atoms with van der Waals surface area (Å²) in [4.78, 5) is 0. The third kappa shape index (κ3) is 2.70. The number of para-hydroxylation sites is 1. The lowest BCUT2D eigenvalue weighted by Crippen LogP contribution is -2.41. The fourth-order valence-corrected chi connectivity index (χ4v) is 4.88. The lowest BCUT2D eigenvalue weighted by Gasteiger charge is -2.32. The molecule has 5 aromatic rings. The summed E-state index contributed by atoms with van der Waals surface area (Å²) in [6.45, 7) is 8.41. The third-order valence-electron chi connectivity index (χ3n) is 7.24. The second kappa shape index (κ2) is 6.71. The Hall–Kier alpha value is -3.08. The molecule has 0 amide bonds. The van der Waals surface area contributed by atoms with Crippen LogP contribution in [-0.4, -0.2) is 22.9 Å². The molecule has 32 heavy (non-hydrogen) atoms. The van der Waals surface area contributed by atoms with Gasteiger partial charge >= 0.3 is 7.12 Å². The molecule has 0 saturated carbocycles. The van der Waals surface area contributed by atoms with Crippen LogP contribution in [0.4, 0.5) is 0 Å². The molecule has 0 radical (unpaired) electrons. The Kier molecular flexibility index (Phi) is 4.11. The maximum atomic E-state index is 6.46. The van der Waals surface area contributed by atoms with E-state index in [2.05, 4.69) is 117 Å². The molecule has 0 bridgehead atoms. The Labute approximate surface area is 188 Å². The SMILES string of the molecule is CC1(C)OB(c2cccc3c2c2ccccc2n3-c2cccc3ccccc23)OC1(C)C. The van der Waals surface area contributed by atoms with Crippen molar-refractivity contribution in [2.45, 2.75) is 38.9 Å². The zero-order chi connectivity index (χ0) is 22.1. The van der Waals surface area contributed by atoms with Crippen LogP contribution >= 0.6 is 0 Å². The lowest BCUT2D eigenvalue weighted by molar-refractivity contribution is 0.00578. The average Bonchev–Trinajstić information content (AvgIpc) is 3.23. The molecule has 0 atom stereocenters. The second-order valence-electron chi connectivity index (χ2n) is 9.68. The summed E-state index contributed by atoms with van der Waals surface area (Å²) in [5.74, 6) is 0. The van der Waals surface area contributed by atoms with Crippen molar-refractivity contribution < 1.29 is 9.31 Å². The van der Waals surface area contributed by atoms with Gasteiger partial charge in [0.1, 0.15) is 0 Å². The predicted octanol–water partition coefficient (Wildman–Crippen LogP) is 6.24. The van der Waals surface area contributed by atoms with Gasteiger partial charge in [0.2, 0.25) is 0 Å². The van der Waals surface area contributed by atoms with Crippen molar-refractivity contribution in [3.05, 3.63) is 84.9 Å². The van der Waals surface area contributed by atoms with Crippen LogP contribution in [0.3, 0.4) is 0 Å². The van der Waals surface area contributed by atoms with Crippen molar-refractivity contribution in [3.63, 3.8) is 0 Å². The molecule has 1 saturated heterocycles. The highest BCUT2D eigenvalue weighted by Gasteiger charge is 2.52. The molecule has 0 unspecified atom stereocenters. The van der Waals surface area contributed by atoms with E-state index < -0.39 is 7.12 Å². The Morgan fingerprint density at radius 1 is 0.625 bits per heavy atom. The van der Waals surface area contributed by atoms with Gasteiger partial charge in [0.05, 0.1) is 27.9 Å². The summed E-state index contributed by atoms with van der Waals surface area (Å²) in [6, 6.07) is 30.1. The molecule has 1 aromatic heterocycles. The van der Waals surface area contributed by atoms with Crippen molar-refractivity contribution in [2.75, 3.05) is 0 Å². The summed E-state index contributed by atoms with van der Waals surface area (Å²) in [7, 11) is -0.407. The largest absolute Gasteiger partial charge is 0.495 e. The van der Waals surface area contributed by atoms with Crippen LogP contribution < -0.4 is 5.46 Å². The van der Waals surface area contributed by atoms with Crippen LogP contribution in [0.25, 0.3) is 38.3 Å². The molecular formula is C28H26BNO2. The minimum Gasteiger partial charge on any atom is -0.399 e. The molecule has 4 heteroatoms. The average molecular weight is 419 g/mol. The van der Waals surface area contributed by atoms with Gasteiger partial charge in [0, 0.05) is 16.2 Å². The van der Waals surface area contributed by atoms with Crippen LogP contribution in [-0.2, 0) is 9.31 Å². The Morgan fingerprint density at radius 2 is 1.22 bits per heavy atom. The fourth-order valence-electron chi connectivity index (χ4n) is 4.88. The van der Waals surface area contributed by atoms with Gasteiger partial charge < -0.3 is 13.9 Å². The van der Waals surface area contributed by atoms with Gasteiger partial charge in [-0.2, -0.15) is 0 Å². The quantitative estimate of drug-likeness (QED) is 0.317. The molecular weight excluding hydrogens is 393 g/mol. The molecule has 158 valence electrons. The molecule has 1 aliphatic heterocycles. The van der Waals surface area contributed by atoms with E-state index >= 15 is 0 Å². The molecule has 1 fully saturated rings. The number of hydrogen-bond acceptors (Lipinski definition) is 2. The van der Waals surface area contributed by atoms with Crippen molar-refractivity contribution in [3.8, 4) is 5.69 Å². The summed E-state index contributed by atoms with van der Waals surface area (Å²) in [5, 5.41) is 4.87. The van der Waals surface area contributed by atoms with Crippen LogP contribution in [0.15, 0.2) is 84.9 Å². The summed E-state index contributed by atoms with van der Waals surface area (Å²) in [6.07, 6.45) is 0. The molecule has 4 aromatic carbocycles. The molecule has 1 aliphatic rings. The van der Waals surface area contributed by atoms with E-state index in [4.69, 9.17) is 9.31 Å². The first-order valence-electron chi connectivity index (χ1n) is 11.2. The number of aromatic nitrogens is 1. The number of fused-ring (bicyclic) bond motifs is 4. The van der Waals surface area contributed by atoms with Crippen LogP contribution in [0.2, 0.25) is 0 Å². The zero-order valence-electron chi connectivity index (χ0n) is 18.9. The van der Waals surface area contributed by atoms with Crippen molar-refractivity contribution in [1.82, 2.24) is 4.57 Å². The van der Waals surface area contributed by atoms with Gasteiger partial charge in [-0.25, -0.2) is 0 Å². The normalized spacial score (nSPS) is 17.6. The van der Waals surface area contributed by atoms with Crippen molar-refractivity contribution >= 4 is 45.2 Å². The van der Waals surface area contributed by atoms with E-state index in [0.29, 0.717) is 0 Å². The zero-order valence-corrected chi connectivity index (χ0v) is 18.9. The Bertz CT molecular complexity index is 1480. The molecule has 3 nitrogen and oxygen atoms in total. The van der Waals surface area contributed by atoms with Crippen LogP contribution in [0, 0.1) is 0 Å². The highest BCUT2D eigenvalue weighted by Crippen LogP contribution is 2.39. The first kappa shape index (κ1) is 19.6. The second-order valence-corrected chi connectivity index (χ2v) is 9.68. The monoisotopic (exact) mass is 419 g/mol. The van der Waals surface area contributed by atoms with Gasteiger partial charge in [-0.1, -0.05) is 66.7 Å². The summed E-state index contributed by atoms with van der Waals surface area (Å²) < 4.78 is 15.3. The summed E-state index contributed by atoms with van der Waals surface area (Å²) >= 11 is 0. The topological polar surface area (TPSA) is 23.4 Å². The third-order valence-corrected chi connectivity index (χ3v) is 7.24. The van der Waals surface area contributed by atoms with Gasteiger partial charge in [0.25, 0.3) is 0 Å². The minimum atomic E-state index is -0.407. The highest BCUT2D eigenvalue weighted by molar-refractivity contribution is 6.66. The van der Waals surface area contributed by atoms with Crippen LogP contribution in [0.5, 0.6) is 0 Å². The van der Waals surface area contributed by atoms with Gasteiger partial charge in [0.15, 0.2) is 0 Å². The molecule has 0 spiro atoms. The summed E-state index contributed by atoms with van der Waals surface area (Å²) in [5.41, 5.74) is 3.84. The Balaban J connectivity index is 1.68. The minimum absolute atomic E-state index is 0.381. The van der Waals surface area contributed by atoms with E-state index in [9.17, 15) is 0 Å². The van der Waals surface area contributed by atoms with E-state index in [-0.39, 0.29) is 11.2 Å². The van der Waals surface area contributed by atoms with Gasteiger partial charge in [-0.3, -0.25) is 0 Å². The lowest BCUT2D eigenvalue weighted by atomic mass is 9.76. The fraction of sp³-hybridized carbons (Fsp3) is 0.214. The molecule has 2 heterocycles. The molecule has 0 N–H and O–H groups in total. The smallest absolute Gasteiger partial charge is 0.399 e. The first-order valence-corrected chi connectivity index (χ1v) is 11.2. The number of nitrogens with zero attached hydrogens (tertiary/aromatic N) is 1. The Morgan fingerprint density at radius 3 is 2.00 bits per heavy atom. The molecule has 0 aliphatic carbocycles. The van der Waals surface area contributed by atoms with Gasteiger partial charge in [-0.15, -0.1) is 0 Å². The molecule has 6 rings (SSSR count). The van der Waals surface area contributed by atoms with E-state index in [1.165, 1.54) is 32.7 Å². The van der Waals surface area contributed by atoms with Crippen molar-refractivity contribution in [1.29, 1.82) is 0 Å². The van der Waals surface area contributed by atoms with Crippen LogP contribution in [0.1, 0.15) is 27.7 Å². The maximum Gasteiger partial charge on any atom is 0.495 e. The number of rotatable bonds is 2. The van der Waals surface area contributed by atoms with Gasteiger partial charge in [-0.05, 0) is 56.7 Å². The van der Waals surface area contributed by atoms with Crippen molar-refractivity contribution in [2.24, 2.45) is 0 Å². The maximum absolute atomic E-state index is 6.46. The van der Waals surface area contributed by atoms with E-state index in [1.807, 2.05) is 0 Å².